The first-order chi connectivity index (χ1) is 14.2. The molecule has 11 heteroatoms. The molecule has 1 aromatic rings. The van der Waals surface area contributed by atoms with Crippen LogP contribution in [-0.2, 0) is 20.5 Å². The molecule has 3 N–H and O–H groups in total. The highest BCUT2D eigenvalue weighted by atomic mass is 19.4. The van der Waals surface area contributed by atoms with Crippen molar-refractivity contribution < 1.29 is 32.3 Å². The number of ether oxygens (including phenoxy) is 1. The number of nitrogens with one attached hydrogen (secondary N) is 3. The number of nitrogens with zero attached hydrogens (tertiary/aromatic N) is 1. The molecule has 1 aliphatic rings. The predicted octanol–water partition coefficient (Wildman–Crippen LogP) is 2.10. The van der Waals surface area contributed by atoms with Crippen molar-refractivity contribution in [1.82, 2.24) is 15.5 Å². The summed E-state index contributed by atoms with van der Waals surface area (Å²) in [6, 6.07) is 4.18. The molecule has 0 atom stereocenters. The Morgan fingerprint density at radius 1 is 1.23 bits per heavy atom. The Bertz CT molecular complexity index is 839. The van der Waals surface area contributed by atoms with Crippen LogP contribution in [0.2, 0.25) is 0 Å². The van der Waals surface area contributed by atoms with Crippen molar-refractivity contribution in [2.75, 3.05) is 38.1 Å². The van der Waals surface area contributed by atoms with Gasteiger partial charge in [0.25, 0.3) is 0 Å². The van der Waals surface area contributed by atoms with Crippen molar-refractivity contribution in [3.05, 3.63) is 41.1 Å². The number of likely N-dealkylation sites (N-methyl/N-ethyl adjacent to an activating group) is 1. The van der Waals surface area contributed by atoms with Gasteiger partial charge in [-0.3, -0.25) is 9.69 Å². The van der Waals surface area contributed by atoms with Crippen molar-refractivity contribution in [2.24, 2.45) is 0 Å². The van der Waals surface area contributed by atoms with E-state index in [1.54, 1.807) is 18.7 Å². The summed E-state index contributed by atoms with van der Waals surface area (Å²) in [5.74, 6) is -1.26. The zero-order valence-corrected chi connectivity index (χ0v) is 16.6. The molecule has 0 spiro atoms. The lowest BCUT2D eigenvalue weighted by atomic mass is 10.1. The van der Waals surface area contributed by atoms with Crippen LogP contribution in [0.25, 0.3) is 0 Å². The van der Waals surface area contributed by atoms with Crippen LogP contribution in [0.4, 0.5) is 23.7 Å². The van der Waals surface area contributed by atoms with Gasteiger partial charge in [0, 0.05) is 12.2 Å². The number of para-hydroxylation sites is 1. The number of hydrogen-bond donors (Lipinski definition) is 3. The highest BCUT2D eigenvalue weighted by Crippen LogP contribution is 2.34. The van der Waals surface area contributed by atoms with Gasteiger partial charge >= 0.3 is 18.2 Å². The van der Waals surface area contributed by atoms with Gasteiger partial charge in [-0.25, -0.2) is 9.59 Å². The summed E-state index contributed by atoms with van der Waals surface area (Å²) in [5, 5.41) is 7.28. The number of anilines is 1. The van der Waals surface area contributed by atoms with E-state index in [2.05, 4.69) is 16.0 Å². The van der Waals surface area contributed by atoms with Crippen LogP contribution < -0.4 is 16.0 Å². The molecule has 1 aromatic carbocycles. The minimum Gasteiger partial charge on any atom is -0.463 e. The first kappa shape index (κ1) is 23.2. The van der Waals surface area contributed by atoms with Crippen molar-refractivity contribution in [3.8, 4) is 0 Å². The topological polar surface area (TPSA) is 99.8 Å². The van der Waals surface area contributed by atoms with Crippen LogP contribution in [0.5, 0.6) is 0 Å². The molecule has 0 aromatic heterocycles. The number of amides is 3. The number of rotatable bonds is 8. The number of carbonyl (C=O) groups excluding carboxylic acids is 3. The van der Waals surface area contributed by atoms with Crippen molar-refractivity contribution in [3.63, 3.8) is 0 Å². The second kappa shape index (κ2) is 10.1. The molecule has 30 heavy (non-hydrogen) atoms. The fourth-order valence-corrected chi connectivity index (χ4v) is 2.82. The molecule has 8 nitrogen and oxygen atoms in total. The number of hydrogen-bond acceptors (Lipinski definition) is 5. The molecule has 1 aliphatic heterocycles. The largest absolute Gasteiger partial charge is 0.463 e. The van der Waals surface area contributed by atoms with Gasteiger partial charge in [0.05, 0.1) is 36.5 Å². The normalized spacial score (nSPS) is 14.3. The second-order valence-corrected chi connectivity index (χ2v) is 6.38. The average molecular weight is 428 g/mol. The number of urea groups is 1. The summed E-state index contributed by atoms with van der Waals surface area (Å²) < 4.78 is 44.3. The van der Waals surface area contributed by atoms with Crippen LogP contribution in [0.15, 0.2) is 35.5 Å². The molecule has 0 aliphatic carbocycles. The monoisotopic (exact) mass is 428 g/mol. The molecule has 0 bridgehead atoms. The SMILES string of the molecule is CCOC(=O)C1=C(CN(CC)CC(=O)Nc2ccccc2C(F)(F)F)NC(=O)NC1. The second-order valence-electron chi connectivity index (χ2n) is 6.38. The van der Waals surface area contributed by atoms with Crippen LogP contribution in [-0.4, -0.2) is 55.6 Å². The van der Waals surface area contributed by atoms with E-state index in [0.717, 1.165) is 6.07 Å². The van der Waals surface area contributed by atoms with E-state index in [1.165, 1.54) is 18.2 Å². The van der Waals surface area contributed by atoms with E-state index in [9.17, 15) is 27.6 Å². The van der Waals surface area contributed by atoms with E-state index in [4.69, 9.17) is 4.74 Å². The summed E-state index contributed by atoms with van der Waals surface area (Å²) in [6.07, 6.45) is -4.60. The Kier molecular flexibility index (Phi) is 7.81. The van der Waals surface area contributed by atoms with Gasteiger partial charge in [-0.2, -0.15) is 13.2 Å². The highest BCUT2D eigenvalue weighted by Gasteiger charge is 2.33. The Hall–Kier alpha value is -3.08. The lowest BCUT2D eigenvalue weighted by Crippen LogP contribution is -2.47. The van der Waals surface area contributed by atoms with Crippen molar-refractivity contribution >= 4 is 23.6 Å². The van der Waals surface area contributed by atoms with Crippen molar-refractivity contribution in [1.29, 1.82) is 0 Å². The van der Waals surface area contributed by atoms with Gasteiger partial charge in [0.2, 0.25) is 5.91 Å². The van der Waals surface area contributed by atoms with Crippen LogP contribution in [0, 0.1) is 0 Å². The number of halogens is 3. The maximum atomic E-state index is 13.1. The number of carbonyl (C=O) groups is 3. The van der Waals surface area contributed by atoms with E-state index >= 15 is 0 Å². The highest BCUT2D eigenvalue weighted by molar-refractivity contribution is 5.94. The molecule has 3 amide bonds. The third kappa shape index (κ3) is 6.21. The third-order valence-corrected chi connectivity index (χ3v) is 4.28. The smallest absolute Gasteiger partial charge is 0.418 e. The van der Waals surface area contributed by atoms with Gasteiger partial charge in [-0.05, 0) is 25.6 Å². The average Bonchev–Trinajstić information content (AvgIpc) is 2.67. The molecule has 0 radical (unpaired) electrons. The molecule has 0 unspecified atom stereocenters. The van der Waals surface area contributed by atoms with Gasteiger partial charge in [-0.1, -0.05) is 19.1 Å². The molecule has 0 fully saturated rings. The predicted molar refractivity (Wildman–Crippen MR) is 102 cm³/mol. The van der Waals surface area contributed by atoms with Crippen LogP contribution in [0.3, 0.4) is 0 Å². The van der Waals surface area contributed by atoms with Gasteiger partial charge in [0.1, 0.15) is 0 Å². The molecule has 0 saturated carbocycles. The first-order valence-corrected chi connectivity index (χ1v) is 9.28. The quantitative estimate of drug-likeness (QED) is 0.551. The fraction of sp³-hybridized carbons (Fsp3) is 0.421. The summed E-state index contributed by atoms with van der Waals surface area (Å²) in [4.78, 5) is 37.7. The minimum atomic E-state index is -4.60. The van der Waals surface area contributed by atoms with Gasteiger partial charge in [-0.15, -0.1) is 0 Å². The summed E-state index contributed by atoms with van der Waals surface area (Å²) in [5.41, 5.74) is -0.785. The first-order valence-electron chi connectivity index (χ1n) is 9.28. The van der Waals surface area contributed by atoms with Crippen molar-refractivity contribution in [2.45, 2.75) is 20.0 Å². The molecule has 1 heterocycles. The number of alkyl halides is 3. The maximum Gasteiger partial charge on any atom is 0.418 e. The number of benzene rings is 1. The summed E-state index contributed by atoms with van der Waals surface area (Å²) >= 11 is 0. The zero-order valence-electron chi connectivity index (χ0n) is 16.6. The van der Waals surface area contributed by atoms with Gasteiger partial charge < -0.3 is 20.7 Å². The summed E-state index contributed by atoms with van der Waals surface area (Å²) in [7, 11) is 0. The molecule has 2 rings (SSSR count). The summed E-state index contributed by atoms with van der Waals surface area (Å²) in [6.45, 7) is 3.65. The van der Waals surface area contributed by atoms with E-state index in [-0.39, 0.29) is 43.2 Å². The van der Waals surface area contributed by atoms with Crippen LogP contribution >= 0.6 is 0 Å². The Morgan fingerprint density at radius 2 is 1.93 bits per heavy atom. The Balaban J connectivity index is 2.12. The maximum absolute atomic E-state index is 13.1. The molecule has 164 valence electrons. The van der Waals surface area contributed by atoms with E-state index in [0.29, 0.717) is 6.54 Å². The third-order valence-electron chi connectivity index (χ3n) is 4.28. The number of esters is 1. The fourth-order valence-electron chi connectivity index (χ4n) is 2.82. The van der Waals surface area contributed by atoms with E-state index < -0.39 is 29.6 Å². The Labute approximate surface area is 171 Å². The standard InChI is InChI=1S/C19H23F3N4O4/c1-3-26(10-15-12(17(28)30-4-2)9-23-18(29)25-15)11-16(27)24-14-8-6-5-7-13(14)19(20,21)22/h5-8H,3-4,9-11H2,1-2H3,(H,24,27)(H2,23,25,29). The molecule has 0 saturated heterocycles. The lowest BCUT2D eigenvalue weighted by Gasteiger charge is -2.26. The molecular weight excluding hydrogens is 405 g/mol. The van der Waals surface area contributed by atoms with Gasteiger partial charge in [0.15, 0.2) is 0 Å². The molecular formula is C19H23F3N4O4. The lowest BCUT2D eigenvalue weighted by molar-refractivity contribution is -0.139. The minimum absolute atomic E-state index is 0.0251. The van der Waals surface area contributed by atoms with Crippen LogP contribution in [0.1, 0.15) is 19.4 Å². The Morgan fingerprint density at radius 3 is 2.57 bits per heavy atom. The zero-order chi connectivity index (χ0) is 22.3. The van der Waals surface area contributed by atoms with E-state index in [1.807, 2.05) is 0 Å².